The number of nitrogens with zero attached hydrogens (tertiary/aromatic N) is 2. The minimum absolute atomic E-state index is 0.234. The summed E-state index contributed by atoms with van der Waals surface area (Å²) in [5.41, 5.74) is 1.62. The van der Waals surface area contributed by atoms with Gasteiger partial charge in [-0.2, -0.15) is 0 Å². The minimum atomic E-state index is -0.618. The monoisotopic (exact) mass is 402 g/mol. The number of esters is 1. The van der Waals surface area contributed by atoms with Crippen LogP contribution in [0.2, 0.25) is 5.02 Å². The molecule has 1 aliphatic heterocycles. The lowest BCUT2D eigenvalue weighted by molar-refractivity contribution is -0.148. The summed E-state index contributed by atoms with van der Waals surface area (Å²) in [6, 6.07) is 13.3. The molecule has 7 heteroatoms. The maximum atomic E-state index is 12.8. The Hall–Kier alpha value is -2.86. The van der Waals surface area contributed by atoms with E-state index in [-0.39, 0.29) is 18.3 Å². The molecule has 1 fully saturated rings. The van der Waals surface area contributed by atoms with Crippen LogP contribution >= 0.6 is 11.6 Å². The van der Waals surface area contributed by atoms with Crippen molar-refractivity contribution in [2.75, 3.05) is 37.7 Å². The third-order valence-corrected chi connectivity index (χ3v) is 4.76. The highest BCUT2D eigenvalue weighted by molar-refractivity contribution is 6.33. The standard InChI is InChI=1S/C21H20ClFN2O3/c22-18-3-1-2-4-19(18)24-11-13-25(14-12-24)20(26)15-28-21(27)10-7-16-5-8-17(23)9-6-16/h1-10H,11-15H2/b10-7+. The second-order valence-electron chi connectivity index (χ2n) is 6.31. The van der Waals surface area contributed by atoms with Crippen LogP contribution in [0.5, 0.6) is 0 Å². The molecular formula is C21H20ClFN2O3. The zero-order valence-electron chi connectivity index (χ0n) is 15.2. The molecule has 0 spiro atoms. The largest absolute Gasteiger partial charge is 0.452 e. The van der Waals surface area contributed by atoms with Gasteiger partial charge in [-0.1, -0.05) is 35.9 Å². The molecule has 0 aliphatic carbocycles. The van der Waals surface area contributed by atoms with Crippen molar-refractivity contribution >= 4 is 35.2 Å². The quantitative estimate of drug-likeness (QED) is 0.568. The van der Waals surface area contributed by atoms with E-state index >= 15 is 0 Å². The van der Waals surface area contributed by atoms with Crippen molar-refractivity contribution in [3.8, 4) is 0 Å². The number of anilines is 1. The Balaban J connectivity index is 1.43. The summed E-state index contributed by atoms with van der Waals surface area (Å²) in [4.78, 5) is 27.8. The molecule has 1 amide bonds. The molecule has 0 radical (unpaired) electrons. The van der Waals surface area contributed by atoms with Crippen molar-refractivity contribution in [3.05, 3.63) is 71.0 Å². The Kier molecular flexibility index (Phi) is 6.66. The fourth-order valence-corrected chi connectivity index (χ4v) is 3.17. The van der Waals surface area contributed by atoms with E-state index in [0.717, 1.165) is 5.69 Å². The molecular weight excluding hydrogens is 383 g/mol. The van der Waals surface area contributed by atoms with E-state index in [4.69, 9.17) is 16.3 Å². The zero-order valence-corrected chi connectivity index (χ0v) is 15.9. The molecule has 0 saturated carbocycles. The van der Waals surface area contributed by atoms with Gasteiger partial charge in [-0.25, -0.2) is 9.18 Å². The van der Waals surface area contributed by atoms with E-state index in [1.54, 1.807) is 17.0 Å². The highest BCUT2D eigenvalue weighted by atomic mass is 35.5. The molecule has 28 heavy (non-hydrogen) atoms. The van der Waals surface area contributed by atoms with Crippen LogP contribution < -0.4 is 4.90 Å². The molecule has 0 aromatic heterocycles. The third-order valence-electron chi connectivity index (χ3n) is 4.45. The van der Waals surface area contributed by atoms with Gasteiger partial charge in [0.05, 0.1) is 10.7 Å². The van der Waals surface area contributed by atoms with E-state index < -0.39 is 5.97 Å². The molecule has 5 nitrogen and oxygen atoms in total. The molecule has 0 atom stereocenters. The molecule has 3 rings (SSSR count). The second kappa shape index (κ2) is 9.37. The number of rotatable bonds is 5. The van der Waals surface area contributed by atoms with Gasteiger partial charge >= 0.3 is 5.97 Å². The Morgan fingerprint density at radius 2 is 1.71 bits per heavy atom. The van der Waals surface area contributed by atoms with Gasteiger partial charge in [-0.15, -0.1) is 0 Å². The summed E-state index contributed by atoms with van der Waals surface area (Å²) in [5, 5.41) is 0.684. The zero-order chi connectivity index (χ0) is 19.9. The van der Waals surface area contributed by atoms with Crippen LogP contribution in [-0.4, -0.2) is 49.6 Å². The van der Waals surface area contributed by atoms with E-state index in [1.165, 1.54) is 24.3 Å². The van der Waals surface area contributed by atoms with Crippen LogP contribution in [0.4, 0.5) is 10.1 Å². The summed E-state index contributed by atoms with van der Waals surface area (Å²) < 4.78 is 17.9. The van der Waals surface area contributed by atoms with E-state index in [2.05, 4.69) is 4.90 Å². The Bertz CT molecular complexity index is 862. The number of carbonyl (C=O) groups excluding carboxylic acids is 2. The molecule has 2 aromatic carbocycles. The number of para-hydroxylation sites is 1. The fourth-order valence-electron chi connectivity index (χ4n) is 2.92. The van der Waals surface area contributed by atoms with Gasteiger partial charge < -0.3 is 14.5 Å². The molecule has 0 N–H and O–H groups in total. The number of hydrogen-bond donors (Lipinski definition) is 0. The molecule has 0 unspecified atom stereocenters. The first-order valence-electron chi connectivity index (χ1n) is 8.90. The van der Waals surface area contributed by atoms with Gasteiger partial charge in [0, 0.05) is 32.3 Å². The predicted octanol–water partition coefficient (Wildman–Crippen LogP) is 3.38. The first-order valence-corrected chi connectivity index (χ1v) is 9.28. The number of carbonyl (C=O) groups is 2. The number of benzene rings is 2. The molecule has 1 aliphatic rings. The SMILES string of the molecule is O=C(/C=C/c1ccc(F)cc1)OCC(=O)N1CCN(c2ccccc2Cl)CC1. The van der Waals surface area contributed by atoms with Gasteiger partial charge in [0.1, 0.15) is 5.82 Å². The Labute approximate surface area is 168 Å². The number of halogens is 2. The lowest BCUT2D eigenvalue weighted by Gasteiger charge is -2.36. The van der Waals surface area contributed by atoms with Crippen molar-refractivity contribution in [3.63, 3.8) is 0 Å². The Morgan fingerprint density at radius 1 is 1.04 bits per heavy atom. The van der Waals surface area contributed by atoms with Gasteiger partial charge in [-0.05, 0) is 35.9 Å². The number of piperazine rings is 1. The summed E-state index contributed by atoms with van der Waals surface area (Å²) in [7, 11) is 0. The topological polar surface area (TPSA) is 49.9 Å². The highest BCUT2D eigenvalue weighted by Gasteiger charge is 2.22. The average molecular weight is 403 g/mol. The van der Waals surface area contributed by atoms with E-state index in [9.17, 15) is 14.0 Å². The molecule has 0 bridgehead atoms. The predicted molar refractivity (Wildman–Crippen MR) is 107 cm³/mol. The van der Waals surface area contributed by atoms with Crippen LogP contribution in [0.25, 0.3) is 6.08 Å². The normalized spacial score (nSPS) is 14.4. The van der Waals surface area contributed by atoms with Crippen LogP contribution in [0.15, 0.2) is 54.6 Å². The summed E-state index contributed by atoms with van der Waals surface area (Å²) in [6.07, 6.45) is 2.73. The van der Waals surface area contributed by atoms with Crippen molar-refractivity contribution < 1.29 is 18.7 Å². The van der Waals surface area contributed by atoms with Gasteiger partial charge in [0.25, 0.3) is 5.91 Å². The molecule has 146 valence electrons. The maximum Gasteiger partial charge on any atom is 0.331 e. The summed E-state index contributed by atoms with van der Waals surface area (Å²) in [6.45, 7) is 2.08. The third kappa shape index (κ3) is 5.33. The summed E-state index contributed by atoms with van der Waals surface area (Å²) in [5.74, 6) is -1.20. The maximum absolute atomic E-state index is 12.8. The lowest BCUT2D eigenvalue weighted by Crippen LogP contribution is -2.50. The number of ether oxygens (including phenoxy) is 1. The molecule has 2 aromatic rings. The minimum Gasteiger partial charge on any atom is -0.452 e. The van der Waals surface area contributed by atoms with Crippen molar-refractivity contribution in [1.82, 2.24) is 4.90 Å². The van der Waals surface area contributed by atoms with Gasteiger partial charge in [0.2, 0.25) is 0 Å². The van der Waals surface area contributed by atoms with Crippen LogP contribution in [-0.2, 0) is 14.3 Å². The van der Waals surface area contributed by atoms with Crippen LogP contribution in [0.1, 0.15) is 5.56 Å². The average Bonchev–Trinajstić information content (AvgIpc) is 2.72. The van der Waals surface area contributed by atoms with Crippen LogP contribution in [0.3, 0.4) is 0 Å². The lowest BCUT2D eigenvalue weighted by atomic mass is 10.2. The smallest absolute Gasteiger partial charge is 0.331 e. The first-order chi connectivity index (χ1) is 13.5. The highest BCUT2D eigenvalue weighted by Crippen LogP contribution is 2.26. The Morgan fingerprint density at radius 3 is 2.39 bits per heavy atom. The number of amides is 1. The van der Waals surface area contributed by atoms with Crippen molar-refractivity contribution in [2.24, 2.45) is 0 Å². The molecule has 1 heterocycles. The summed E-state index contributed by atoms with van der Waals surface area (Å²) >= 11 is 6.22. The van der Waals surface area contributed by atoms with Gasteiger partial charge in [-0.3, -0.25) is 4.79 Å². The molecule has 1 saturated heterocycles. The van der Waals surface area contributed by atoms with E-state index in [0.29, 0.717) is 36.8 Å². The van der Waals surface area contributed by atoms with Crippen molar-refractivity contribution in [1.29, 1.82) is 0 Å². The fraction of sp³-hybridized carbons (Fsp3) is 0.238. The first kappa shape index (κ1) is 19.9. The van der Waals surface area contributed by atoms with Crippen LogP contribution in [0, 0.1) is 5.82 Å². The second-order valence-corrected chi connectivity index (χ2v) is 6.72. The van der Waals surface area contributed by atoms with Crippen molar-refractivity contribution in [2.45, 2.75) is 0 Å². The van der Waals surface area contributed by atoms with Gasteiger partial charge in [0.15, 0.2) is 6.61 Å². The van der Waals surface area contributed by atoms with E-state index in [1.807, 2.05) is 24.3 Å². The number of hydrogen-bond acceptors (Lipinski definition) is 4.